The summed E-state index contributed by atoms with van der Waals surface area (Å²) < 4.78 is 11.2. The fourth-order valence-electron chi connectivity index (χ4n) is 4.38. The molecule has 156 valence electrons. The maximum Gasteiger partial charge on any atom is 0.338 e. The summed E-state index contributed by atoms with van der Waals surface area (Å²) in [4.78, 5) is 24.3. The molecule has 1 N–H and O–H groups in total. The fraction of sp³-hybridized carbons (Fsp3) is 0.360. The average Bonchev–Trinajstić information content (AvgIpc) is 3.27. The molecule has 2 aliphatic rings. The predicted octanol–water partition coefficient (Wildman–Crippen LogP) is 3.71. The van der Waals surface area contributed by atoms with E-state index in [1.165, 1.54) is 5.56 Å². The van der Waals surface area contributed by atoms with Crippen LogP contribution in [0.2, 0.25) is 0 Å². The van der Waals surface area contributed by atoms with Gasteiger partial charge in [0, 0.05) is 18.3 Å². The van der Waals surface area contributed by atoms with Crippen LogP contribution in [-0.4, -0.2) is 35.4 Å². The minimum atomic E-state index is -0.604. The Morgan fingerprint density at radius 1 is 1.13 bits per heavy atom. The maximum atomic E-state index is 12.5. The van der Waals surface area contributed by atoms with Crippen molar-refractivity contribution in [2.75, 3.05) is 0 Å². The van der Waals surface area contributed by atoms with Gasteiger partial charge in [0.05, 0.1) is 18.1 Å². The van der Waals surface area contributed by atoms with Gasteiger partial charge < -0.3 is 14.6 Å². The van der Waals surface area contributed by atoms with Gasteiger partial charge in [0.2, 0.25) is 0 Å². The highest BCUT2D eigenvalue weighted by molar-refractivity contribution is 5.89. The lowest BCUT2D eigenvalue weighted by atomic mass is 9.91. The van der Waals surface area contributed by atoms with Gasteiger partial charge in [0.25, 0.3) is 0 Å². The number of esters is 2. The molecule has 1 aliphatic carbocycles. The number of rotatable bonds is 7. The molecular weight excluding hydrogens is 380 g/mol. The average molecular weight is 406 g/mol. The Kier molecular flexibility index (Phi) is 6.29. The summed E-state index contributed by atoms with van der Waals surface area (Å²) in [6.07, 6.45) is 4.65. The van der Waals surface area contributed by atoms with Crippen LogP contribution in [0.5, 0.6) is 0 Å². The Morgan fingerprint density at radius 3 is 2.57 bits per heavy atom. The van der Waals surface area contributed by atoms with E-state index >= 15 is 0 Å². The largest absolute Gasteiger partial charge is 0.462 e. The number of carbonyl (C=O) groups is 2. The molecule has 0 spiro atoms. The first-order valence-corrected chi connectivity index (χ1v) is 10.5. The van der Waals surface area contributed by atoms with Gasteiger partial charge in [0.1, 0.15) is 12.2 Å². The molecule has 1 saturated heterocycles. The van der Waals surface area contributed by atoms with E-state index in [0.717, 1.165) is 6.42 Å². The predicted molar refractivity (Wildman–Crippen MR) is 112 cm³/mol. The van der Waals surface area contributed by atoms with Gasteiger partial charge in [0.15, 0.2) is 0 Å². The van der Waals surface area contributed by atoms with Gasteiger partial charge in [-0.05, 0) is 30.5 Å². The number of fused-ring (bicyclic) bond motifs is 1. The van der Waals surface area contributed by atoms with Crippen LogP contribution in [0.4, 0.5) is 0 Å². The topological polar surface area (TPSA) is 72.8 Å². The Hall–Kier alpha value is -2.92. The molecule has 2 aromatic rings. The van der Waals surface area contributed by atoms with Crippen LogP contribution in [0.1, 0.15) is 35.2 Å². The first-order chi connectivity index (χ1) is 14.6. The SMILES string of the molecule is O=C1C[C@@H]2C(C=CC(O)CCc3ccccc3)C(OC(=O)c3ccccc3)C[C@@H]2O1. The van der Waals surface area contributed by atoms with Crippen molar-refractivity contribution >= 4 is 11.9 Å². The van der Waals surface area contributed by atoms with E-state index in [2.05, 4.69) is 0 Å². The lowest BCUT2D eigenvalue weighted by molar-refractivity contribution is -0.141. The Morgan fingerprint density at radius 2 is 1.83 bits per heavy atom. The Balaban J connectivity index is 1.41. The Labute approximate surface area is 176 Å². The molecule has 1 heterocycles. The lowest BCUT2D eigenvalue weighted by Gasteiger charge is -2.20. The van der Waals surface area contributed by atoms with E-state index in [9.17, 15) is 14.7 Å². The fourth-order valence-corrected chi connectivity index (χ4v) is 4.38. The summed E-state index contributed by atoms with van der Waals surface area (Å²) in [5.74, 6) is -0.764. The lowest BCUT2D eigenvalue weighted by Crippen LogP contribution is -2.25. The third-order valence-corrected chi connectivity index (χ3v) is 5.95. The maximum absolute atomic E-state index is 12.5. The van der Waals surface area contributed by atoms with Crippen molar-refractivity contribution in [1.82, 2.24) is 0 Å². The zero-order valence-electron chi connectivity index (χ0n) is 16.7. The first-order valence-electron chi connectivity index (χ1n) is 10.5. The smallest absolute Gasteiger partial charge is 0.338 e. The minimum absolute atomic E-state index is 0.0244. The molecule has 5 nitrogen and oxygen atoms in total. The molecule has 0 radical (unpaired) electrons. The molecule has 2 aromatic carbocycles. The van der Waals surface area contributed by atoms with Crippen LogP contribution in [0, 0.1) is 11.8 Å². The van der Waals surface area contributed by atoms with E-state index in [4.69, 9.17) is 9.47 Å². The highest BCUT2D eigenvalue weighted by Gasteiger charge is 2.50. The number of aryl methyl sites for hydroxylation is 1. The Bertz CT molecular complexity index is 892. The van der Waals surface area contributed by atoms with Gasteiger partial charge in [-0.15, -0.1) is 0 Å². The standard InChI is InChI=1S/C25H26O5/c26-19(12-11-17-7-3-1-4-8-17)13-14-20-21-15-24(27)29-23(21)16-22(20)30-25(28)18-9-5-2-6-10-18/h1-10,13-14,19-23,26H,11-12,15-16H2/t19?,20?,21-,22?,23+/m1/s1. The second-order valence-corrected chi connectivity index (χ2v) is 8.00. The molecule has 2 fully saturated rings. The number of carbonyl (C=O) groups excluding carboxylic acids is 2. The van der Waals surface area contributed by atoms with Crippen molar-refractivity contribution in [2.45, 2.75) is 44.0 Å². The summed E-state index contributed by atoms with van der Waals surface area (Å²) in [7, 11) is 0. The van der Waals surface area contributed by atoms with Gasteiger partial charge in [-0.1, -0.05) is 60.7 Å². The summed E-state index contributed by atoms with van der Waals surface area (Å²) >= 11 is 0. The van der Waals surface area contributed by atoms with E-state index in [0.29, 0.717) is 24.8 Å². The highest BCUT2D eigenvalue weighted by atomic mass is 16.6. The van der Waals surface area contributed by atoms with Gasteiger partial charge in [-0.2, -0.15) is 0 Å². The zero-order valence-corrected chi connectivity index (χ0v) is 16.7. The highest BCUT2D eigenvalue weighted by Crippen LogP contribution is 2.43. The monoisotopic (exact) mass is 406 g/mol. The zero-order chi connectivity index (χ0) is 20.9. The molecule has 5 atom stereocenters. The third-order valence-electron chi connectivity index (χ3n) is 5.95. The number of ether oxygens (including phenoxy) is 2. The molecule has 5 heteroatoms. The first kappa shape index (κ1) is 20.4. The molecule has 1 aliphatic heterocycles. The van der Waals surface area contributed by atoms with Gasteiger partial charge >= 0.3 is 11.9 Å². The van der Waals surface area contributed by atoms with E-state index in [1.807, 2.05) is 42.5 Å². The van der Waals surface area contributed by atoms with Crippen LogP contribution in [0.25, 0.3) is 0 Å². The molecule has 1 saturated carbocycles. The van der Waals surface area contributed by atoms with Crippen molar-refractivity contribution in [3.05, 3.63) is 83.9 Å². The van der Waals surface area contributed by atoms with Crippen LogP contribution >= 0.6 is 0 Å². The van der Waals surface area contributed by atoms with Crippen LogP contribution in [0.15, 0.2) is 72.8 Å². The van der Waals surface area contributed by atoms with E-state index in [1.54, 1.807) is 30.3 Å². The molecule has 0 aromatic heterocycles. The van der Waals surface area contributed by atoms with Crippen molar-refractivity contribution in [3.63, 3.8) is 0 Å². The molecular formula is C25H26O5. The summed E-state index contributed by atoms with van der Waals surface area (Å²) in [6, 6.07) is 18.9. The number of aliphatic hydroxyl groups excluding tert-OH is 1. The van der Waals surface area contributed by atoms with Crippen LogP contribution in [-0.2, 0) is 20.7 Å². The molecule has 30 heavy (non-hydrogen) atoms. The summed E-state index contributed by atoms with van der Waals surface area (Å²) in [5, 5.41) is 10.4. The van der Waals surface area contributed by atoms with Crippen LogP contribution in [0.3, 0.4) is 0 Å². The second kappa shape index (κ2) is 9.26. The van der Waals surface area contributed by atoms with Crippen molar-refractivity contribution in [2.24, 2.45) is 11.8 Å². The molecule has 0 bridgehead atoms. The summed E-state index contributed by atoms with van der Waals surface area (Å²) in [5.41, 5.74) is 1.67. The quantitative estimate of drug-likeness (QED) is 0.561. The number of aliphatic hydroxyl groups is 1. The number of benzene rings is 2. The van der Waals surface area contributed by atoms with Crippen molar-refractivity contribution in [3.8, 4) is 0 Å². The molecule has 4 rings (SSSR count). The van der Waals surface area contributed by atoms with E-state index < -0.39 is 6.10 Å². The van der Waals surface area contributed by atoms with Crippen molar-refractivity contribution in [1.29, 1.82) is 0 Å². The second-order valence-electron chi connectivity index (χ2n) is 8.00. The van der Waals surface area contributed by atoms with Crippen molar-refractivity contribution < 1.29 is 24.2 Å². The van der Waals surface area contributed by atoms with Crippen LogP contribution < -0.4 is 0 Å². The number of hydrogen-bond acceptors (Lipinski definition) is 5. The van der Waals surface area contributed by atoms with E-state index in [-0.39, 0.29) is 36.0 Å². The third kappa shape index (κ3) is 4.79. The molecule has 3 unspecified atom stereocenters. The summed E-state index contributed by atoms with van der Waals surface area (Å²) in [6.45, 7) is 0. The minimum Gasteiger partial charge on any atom is -0.462 e. The normalized spacial score (nSPS) is 26.4. The van der Waals surface area contributed by atoms with Gasteiger partial charge in [-0.3, -0.25) is 4.79 Å². The van der Waals surface area contributed by atoms with Gasteiger partial charge in [-0.25, -0.2) is 4.79 Å². The number of hydrogen-bond donors (Lipinski definition) is 1. The molecule has 0 amide bonds.